The van der Waals surface area contributed by atoms with E-state index in [1.165, 1.54) is 16.7 Å². The number of aryl methyl sites for hydroxylation is 1. The summed E-state index contributed by atoms with van der Waals surface area (Å²) in [6.45, 7) is 2.24. The van der Waals surface area contributed by atoms with Crippen molar-refractivity contribution in [3.8, 4) is 0 Å². The van der Waals surface area contributed by atoms with Gasteiger partial charge in [-0.25, -0.2) is 8.42 Å². The zero-order valence-electron chi connectivity index (χ0n) is 6.60. The van der Waals surface area contributed by atoms with Crippen molar-refractivity contribution < 1.29 is 17.5 Å². The van der Waals surface area contributed by atoms with Crippen molar-refractivity contribution in [2.75, 3.05) is 0 Å². The Labute approximate surface area is 71.2 Å². The number of hydrogen-bond acceptors (Lipinski definition) is 3. The number of hydrogen-bond donors (Lipinski definition) is 0. The van der Waals surface area contributed by atoms with E-state index in [0.29, 0.717) is 6.54 Å². The molecule has 0 aliphatic carbocycles. The fraction of sp³-hybridized carbons (Fsp3) is 0.286. The van der Waals surface area contributed by atoms with Crippen LogP contribution in [0.1, 0.15) is 6.92 Å². The summed E-state index contributed by atoms with van der Waals surface area (Å²) in [5.74, 6) is 0. The lowest BCUT2D eigenvalue weighted by atomic mass is 10.5. The van der Waals surface area contributed by atoms with Crippen LogP contribution >= 0.6 is 0 Å². The molecule has 1 aromatic heterocycles. The van der Waals surface area contributed by atoms with E-state index in [4.69, 9.17) is 0 Å². The van der Waals surface area contributed by atoms with Gasteiger partial charge in [0.15, 0.2) is 16.3 Å². The highest BCUT2D eigenvalue weighted by atomic mass is 32.2. The first kappa shape index (κ1) is 9.15. The number of nitrogens with zero attached hydrogens (tertiary/aromatic N) is 1. The minimum absolute atomic E-state index is 0.187. The largest absolute Gasteiger partial charge is 0.740 e. The second-order valence-corrected chi connectivity index (χ2v) is 3.61. The highest BCUT2D eigenvalue weighted by Gasteiger charge is 2.13. The van der Waals surface area contributed by atoms with Crippen LogP contribution in [0.25, 0.3) is 0 Å². The van der Waals surface area contributed by atoms with Crippen molar-refractivity contribution in [3.63, 3.8) is 0 Å². The fourth-order valence-electron chi connectivity index (χ4n) is 0.949. The van der Waals surface area contributed by atoms with Gasteiger partial charge in [-0.05, 0) is 13.0 Å². The van der Waals surface area contributed by atoms with Crippen LogP contribution in [0.15, 0.2) is 29.4 Å². The predicted octanol–water partition coefficient (Wildman–Crippen LogP) is -0.102. The molecular weight excluding hydrogens is 178 g/mol. The number of pyridine rings is 1. The highest BCUT2D eigenvalue weighted by molar-refractivity contribution is 7.85. The molecule has 0 aliphatic rings. The molecule has 0 aliphatic heterocycles. The third-order valence-corrected chi connectivity index (χ3v) is 2.38. The molecule has 0 amide bonds. The predicted molar refractivity (Wildman–Crippen MR) is 40.3 cm³/mol. The first-order valence-electron chi connectivity index (χ1n) is 3.50. The second kappa shape index (κ2) is 3.20. The summed E-state index contributed by atoms with van der Waals surface area (Å²) in [4.78, 5) is 0. The molecule has 0 unspecified atom stereocenters. The maximum absolute atomic E-state index is 10.6. The van der Waals surface area contributed by atoms with Gasteiger partial charge in [-0.1, -0.05) is 0 Å². The molecule has 12 heavy (non-hydrogen) atoms. The van der Waals surface area contributed by atoms with Crippen LogP contribution in [-0.2, 0) is 16.7 Å². The van der Waals surface area contributed by atoms with E-state index < -0.39 is 10.1 Å². The van der Waals surface area contributed by atoms with Crippen molar-refractivity contribution in [1.82, 2.24) is 0 Å². The Morgan fingerprint density at radius 1 is 1.50 bits per heavy atom. The van der Waals surface area contributed by atoms with Gasteiger partial charge in [-0.3, -0.25) is 0 Å². The SMILES string of the molecule is CC[n+]1ccccc1S(=O)(=O)[O-]. The van der Waals surface area contributed by atoms with E-state index in [2.05, 4.69) is 0 Å². The highest BCUT2D eigenvalue weighted by Crippen LogP contribution is 1.99. The fourth-order valence-corrected chi connectivity index (χ4v) is 1.67. The van der Waals surface area contributed by atoms with Crippen LogP contribution in [0.4, 0.5) is 0 Å². The van der Waals surface area contributed by atoms with Crippen molar-refractivity contribution in [2.24, 2.45) is 0 Å². The molecule has 1 heterocycles. The molecular formula is C7H9NO3S. The summed E-state index contributed by atoms with van der Waals surface area (Å²) in [6, 6.07) is 4.50. The molecule has 5 heteroatoms. The van der Waals surface area contributed by atoms with Gasteiger partial charge >= 0.3 is 0 Å². The van der Waals surface area contributed by atoms with Gasteiger partial charge in [0.25, 0.3) is 5.03 Å². The number of aromatic nitrogens is 1. The normalized spacial score (nSPS) is 11.5. The standard InChI is InChI=1S/C7H9NO3S/c1-2-8-6-4-3-5-7(8)12(9,10)11/h3-6H,2H2,1H3. The summed E-state index contributed by atoms with van der Waals surface area (Å²) < 4.78 is 33.3. The Morgan fingerprint density at radius 2 is 2.17 bits per heavy atom. The van der Waals surface area contributed by atoms with Gasteiger partial charge in [0.1, 0.15) is 6.54 Å². The van der Waals surface area contributed by atoms with Gasteiger partial charge in [0, 0.05) is 12.1 Å². The summed E-state index contributed by atoms with van der Waals surface area (Å²) in [7, 11) is -4.33. The van der Waals surface area contributed by atoms with E-state index in [-0.39, 0.29) is 5.03 Å². The molecule has 0 N–H and O–H groups in total. The average Bonchev–Trinajstić information content (AvgIpc) is 2.03. The molecule has 0 aromatic carbocycles. The third kappa shape index (κ3) is 1.80. The Kier molecular flexibility index (Phi) is 2.44. The van der Waals surface area contributed by atoms with E-state index in [9.17, 15) is 13.0 Å². The van der Waals surface area contributed by atoms with Crippen LogP contribution < -0.4 is 4.57 Å². The van der Waals surface area contributed by atoms with Gasteiger partial charge in [-0.15, -0.1) is 0 Å². The van der Waals surface area contributed by atoms with Crippen LogP contribution in [-0.4, -0.2) is 13.0 Å². The lowest BCUT2D eigenvalue weighted by Gasteiger charge is -2.04. The van der Waals surface area contributed by atoms with E-state index in [1.54, 1.807) is 19.2 Å². The molecule has 0 radical (unpaired) electrons. The topological polar surface area (TPSA) is 61.1 Å². The lowest BCUT2D eigenvalue weighted by Crippen LogP contribution is -2.38. The Balaban J connectivity index is 3.33. The summed E-state index contributed by atoms with van der Waals surface area (Å²) >= 11 is 0. The first-order chi connectivity index (χ1) is 5.55. The van der Waals surface area contributed by atoms with Gasteiger partial charge in [0.05, 0.1) is 0 Å². The minimum Gasteiger partial charge on any atom is -0.740 e. The van der Waals surface area contributed by atoms with E-state index >= 15 is 0 Å². The van der Waals surface area contributed by atoms with Crippen LogP contribution in [0.5, 0.6) is 0 Å². The summed E-state index contributed by atoms with van der Waals surface area (Å²) in [5, 5.41) is -0.187. The molecule has 0 fully saturated rings. The summed E-state index contributed by atoms with van der Waals surface area (Å²) in [5.41, 5.74) is 0. The average molecular weight is 187 g/mol. The Morgan fingerprint density at radius 3 is 2.58 bits per heavy atom. The van der Waals surface area contributed by atoms with Crippen LogP contribution in [0.3, 0.4) is 0 Å². The van der Waals surface area contributed by atoms with Crippen molar-refractivity contribution in [2.45, 2.75) is 18.5 Å². The molecule has 0 spiro atoms. The lowest BCUT2D eigenvalue weighted by molar-refractivity contribution is -0.730. The first-order valence-corrected chi connectivity index (χ1v) is 4.91. The summed E-state index contributed by atoms with van der Waals surface area (Å²) in [6.07, 6.45) is 1.56. The molecule has 0 saturated heterocycles. The molecule has 1 aromatic rings. The Hall–Kier alpha value is -0.940. The van der Waals surface area contributed by atoms with Gasteiger partial charge in [0.2, 0.25) is 0 Å². The maximum Gasteiger partial charge on any atom is 0.285 e. The Bertz CT molecular complexity index is 372. The zero-order valence-corrected chi connectivity index (χ0v) is 7.41. The molecule has 0 saturated carbocycles. The number of rotatable bonds is 2. The monoisotopic (exact) mass is 187 g/mol. The quantitative estimate of drug-likeness (QED) is 0.479. The van der Waals surface area contributed by atoms with Crippen molar-refractivity contribution >= 4 is 10.1 Å². The zero-order chi connectivity index (χ0) is 9.19. The van der Waals surface area contributed by atoms with E-state index in [0.717, 1.165) is 0 Å². The molecule has 0 bridgehead atoms. The van der Waals surface area contributed by atoms with Crippen LogP contribution in [0.2, 0.25) is 0 Å². The molecule has 0 atom stereocenters. The maximum atomic E-state index is 10.6. The van der Waals surface area contributed by atoms with Crippen molar-refractivity contribution in [1.29, 1.82) is 0 Å². The van der Waals surface area contributed by atoms with Gasteiger partial charge in [-0.2, -0.15) is 4.57 Å². The van der Waals surface area contributed by atoms with Crippen LogP contribution in [0, 0.1) is 0 Å². The second-order valence-electron chi connectivity index (χ2n) is 2.28. The minimum atomic E-state index is -4.33. The molecule has 4 nitrogen and oxygen atoms in total. The van der Waals surface area contributed by atoms with Gasteiger partial charge < -0.3 is 4.55 Å². The molecule has 66 valence electrons. The van der Waals surface area contributed by atoms with Crippen molar-refractivity contribution in [3.05, 3.63) is 24.4 Å². The third-order valence-electron chi connectivity index (χ3n) is 1.50. The smallest absolute Gasteiger partial charge is 0.285 e. The van der Waals surface area contributed by atoms with E-state index in [1.807, 2.05) is 0 Å². The molecule has 1 rings (SSSR count).